The van der Waals surface area contributed by atoms with E-state index in [4.69, 9.17) is 0 Å². The molecule has 1 saturated carbocycles. The van der Waals surface area contributed by atoms with Crippen LogP contribution in [0, 0.1) is 5.82 Å². The van der Waals surface area contributed by atoms with Gasteiger partial charge in [-0.1, -0.05) is 25.0 Å². The fraction of sp³-hybridized carbons (Fsp3) is 0.381. The molecule has 1 amide bonds. The molecule has 1 aromatic heterocycles. The standard InChI is InChI=1S/C21H25FN4O/c1-26(2)20-23-13-16(14-24-20)5-10-19(27)25-15-21(11-3-4-12-21)17-6-8-18(22)9-7-17/h5-10,13-14H,3-4,11-12,15H2,1-2H3,(H,25,27)/b10-5+. The molecule has 1 aliphatic rings. The first kappa shape index (κ1) is 19.0. The van der Waals surface area contributed by atoms with Crippen molar-refractivity contribution in [3.8, 4) is 0 Å². The molecule has 0 bridgehead atoms. The highest BCUT2D eigenvalue weighted by atomic mass is 19.1. The SMILES string of the molecule is CN(C)c1ncc(/C=C/C(=O)NCC2(c3ccc(F)cc3)CCCC2)cn1. The molecule has 2 aromatic rings. The van der Waals surface area contributed by atoms with Crippen molar-refractivity contribution in [2.45, 2.75) is 31.1 Å². The second-order valence-electron chi connectivity index (χ2n) is 7.26. The molecule has 1 aromatic carbocycles. The molecule has 1 aliphatic carbocycles. The van der Waals surface area contributed by atoms with E-state index in [0.717, 1.165) is 36.8 Å². The van der Waals surface area contributed by atoms with Crippen LogP contribution in [0.25, 0.3) is 6.08 Å². The third-order valence-corrected chi connectivity index (χ3v) is 5.10. The van der Waals surface area contributed by atoms with Gasteiger partial charge in [0.1, 0.15) is 5.82 Å². The summed E-state index contributed by atoms with van der Waals surface area (Å²) in [5.41, 5.74) is 1.76. The summed E-state index contributed by atoms with van der Waals surface area (Å²) in [6.07, 6.45) is 10.8. The van der Waals surface area contributed by atoms with Crippen LogP contribution in [0.15, 0.2) is 42.7 Å². The van der Waals surface area contributed by atoms with Crippen LogP contribution in [0.4, 0.5) is 10.3 Å². The predicted molar refractivity (Wildman–Crippen MR) is 105 cm³/mol. The molecule has 0 spiro atoms. The van der Waals surface area contributed by atoms with Gasteiger partial charge in [0, 0.05) is 50.1 Å². The number of nitrogens with one attached hydrogen (secondary N) is 1. The van der Waals surface area contributed by atoms with E-state index in [2.05, 4.69) is 15.3 Å². The van der Waals surface area contributed by atoms with Gasteiger partial charge in [-0.2, -0.15) is 0 Å². The molecule has 3 rings (SSSR count). The van der Waals surface area contributed by atoms with Crippen LogP contribution < -0.4 is 10.2 Å². The van der Waals surface area contributed by atoms with Crippen LogP contribution in [0.1, 0.15) is 36.8 Å². The second-order valence-corrected chi connectivity index (χ2v) is 7.26. The highest BCUT2D eigenvalue weighted by molar-refractivity contribution is 5.91. The molecule has 5 nitrogen and oxygen atoms in total. The van der Waals surface area contributed by atoms with E-state index >= 15 is 0 Å². The highest BCUT2D eigenvalue weighted by Crippen LogP contribution is 2.40. The number of halogens is 1. The zero-order valence-electron chi connectivity index (χ0n) is 15.8. The summed E-state index contributed by atoms with van der Waals surface area (Å²) in [6.45, 7) is 0.553. The van der Waals surface area contributed by atoms with Gasteiger partial charge in [0.05, 0.1) is 0 Å². The molecule has 27 heavy (non-hydrogen) atoms. The number of rotatable bonds is 6. The minimum atomic E-state index is -0.235. The largest absolute Gasteiger partial charge is 0.352 e. The lowest BCUT2D eigenvalue weighted by molar-refractivity contribution is -0.116. The number of nitrogens with zero attached hydrogens (tertiary/aromatic N) is 3. The van der Waals surface area contributed by atoms with Gasteiger partial charge in [0.15, 0.2) is 0 Å². The van der Waals surface area contributed by atoms with Gasteiger partial charge in [0.25, 0.3) is 0 Å². The molecule has 0 unspecified atom stereocenters. The molecule has 0 saturated heterocycles. The fourth-order valence-electron chi connectivity index (χ4n) is 3.56. The Labute approximate surface area is 159 Å². The Morgan fingerprint density at radius 1 is 1.19 bits per heavy atom. The molecular weight excluding hydrogens is 343 g/mol. The first-order valence-corrected chi connectivity index (χ1v) is 9.20. The molecule has 0 radical (unpaired) electrons. The first-order valence-electron chi connectivity index (χ1n) is 9.20. The maximum Gasteiger partial charge on any atom is 0.244 e. The number of benzene rings is 1. The van der Waals surface area contributed by atoms with Crippen molar-refractivity contribution in [3.63, 3.8) is 0 Å². The topological polar surface area (TPSA) is 58.1 Å². The summed E-state index contributed by atoms with van der Waals surface area (Å²) < 4.78 is 13.3. The van der Waals surface area contributed by atoms with Crippen LogP contribution >= 0.6 is 0 Å². The van der Waals surface area contributed by atoms with E-state index in [-0.39, 0.29) is 17.1 Å². The molecule has 1 N–H and O–H groups in total. The maximum absolute atomic E-state index is 13.3. The zero-order chi connectivity index (χ0) is 19.3. The van der Waals surface area contributed by atoms with Gasteiger partial charge in [-0.15, -0.1) is 0 Å². The van der Waals surface area contributed by atoms with Gasteiger partial charge < -0.3 is 10.2 Å². The minimum Gasteiger partial charge on any atom is -0.352 e. The smallest absolute Gasteiger partial charge is 0.244 e. The van der Waals surface area contributed by atoms with E-state index in [9.17, 15) is 9.18 Å². The zero-order valence-corrected chi connectivity index (χ0v) is 15.8. The number of hydrogen-bond acceptors (Lipinski definition) is 4. The molecule has 1 heterocycles. The average molecular weight is 368 g/mol. The van der Waals surface area contributed by atoms with Crippen molar-refractivity contribution in [1.29, 1.82) is 0 Å². The van der Waals surface area contributed by atoms with Gasteiger partial charge in [-0.3, -0.25) is 4.79 Å². The summed E-state index contributed by atoms with van der Waals surface area (Å²) in [6, 6.07) is 6.67. The lowest BCUT2D eigenvalue weighted by Gasteiger charge is -2.29. The Balaban J connectivity index is 1.62. The van der Waals surface area contributed by atoms with Gasteiger partial charge in [-0.25, -0.2) is 14.4 Å². The Kier molecular flexibility index (Phi) is 5.84. The van der Waals surface area contributed by atoms with E-state index in [1.165, 1.54) is 18.2 Å². The van der Waals surface area contributed by atoms with Crippen LogP contribution in [-0.4, -0.2) is 36.5 Å². The van der Waals surface area contributed by atoms with Crippen LogP contribution in [-0.2, 0) is 10.2 Å². The Morgan fingerprint density at radius 3 is 2.41 bits per heavy atom. The summed E-state index contributed by atoms with van der Waals surface area (Å²) in [4.78, 5) is 22.5. The van der Waals surface area contributed by atoms with Crippen molar-refractivity contribution in [1.82, 2.24) is 15.3 Å². The third kappa shape index (κ3) is 4.70. The second kappa shape index (κ2) is 8.29. The monoisotopic (exact) mass is 368 g/mol. The molecule has 0 atom stereocenters. The van der Waals surface area contributed by atoms with E-state index in [1.54, 1.807) is 18.5 Å². The lowest BCUT2D eigenvalue weighted by Crippen LogP contribution is -2.38. The number of aromatic nitrogens is 2. The van der Waals surface area contributed by atoms with Gasteiger partial charge in [0.2, 0.25) is 11.9 Å². The number of carbonyl (C=O) groups excluding carboxylic acids is 1. The number of carbonyl (C=O) groups is 1. The van der Waals surface area contributed by atoms with Crippen molar-refractivity contribution >= 4 is 17.9 Å². The third-order valence-electron chi connectivity index (χ3n) is 5.10. The summed E-state index contributed by atoms with van der Waals surface area (Å²) >= 11 is 0. The fourth-order valence-corrected chi connectivity index (χ4v) is 3.56. The van der Waals surface area contributed by atoms with Crippen molar-refractivity contribution in [3.05, 3.63) is 59.7 Å². The van der Waals surface area contributed by atoms with Crippen LogP contribution in [0.3, 0.4) is 0 Å². The number of anilines is 1. The van der Waals surface area contributed by atoms with Crippen molar-refractivity contribution < 1.29 is 9.18 Å². The van der Waals surface area contributed by atoms with E-state index < -0.39 is 0 Å². The van der Waals surface area contributed by atoms with E-state index in [1.807, 2.05) is 31.1 Å². The lowest BCUT2D eigenvalue weighted by atomic mass is 9.79. The summed E-state index contributed by atoms with van der Waals surface area (Å²) in [5.74, 6) is 0.237. The molecular formula is C21H25FN4O. The Morgan fingerprint density at radius 2 is 1.81 bits per heavy atom. The average Bonchev–Trinajstić information content (AvgIpc) is 3.16. The summed E-state index contributed by atoms with van der Waals surface area (Å²) in [5, 5.41) is 3.01. The van der Waals surface area contributed by atoms with E-state index in [0.29, 0.717) is 12.5 Å². The number of hydrogen-bond donors (Lipinski definition) is 1. The quantitative estimate of drug-likeness (QED) is 0.795. The van der Waals surface area contributed by atoms with Crippen molar-refractivity contribution in [2.75, 3.05) is 25.5 Å². The molecule has 0 aliphatic heterocycles. The van der Waals surface area contributed by atoms with Crippen LogP contribution in [0.5, 0.6) is 0 Å². The Bertz CT molecular complexity index is 794. The Hall–Kier alpha value is -2.76. The minimum absolute atomic E-state index is 0.104. The van der Waals surface area contributed by atoms with Gasteiger partial charge in [-0.05, 0) is 36.6 Å². The number of amides is 1. The van der Waals surface area contributed by atoms with Gasteiger partial charge >= 0.3 is 0 Å². The van der Waals surface area contributed by atoms with Crippen molar-refractivity contribution in [2.24, 2.45) is 0 Å². The normalized spacial score (nSPS) is 15.8. The maximum atomic E-state index is 13.3. The first-order chi connectivity index (χ1) is 13.0. The predicted octanol–water partition coefficient (Wildman–Crippen LogP) is 3.32. The highest BCUT2D eigenvalue weighted by Gasteiger charge is 2.35. The molecule has 6 heteroatoms. The summed E-state index contributed by atoms with van der Waals surface area (Å²) in [7, 11) is 3.75. The molecule has 142 valence electrons. The van der Waals surface area contributed by atoms with Crippen LogP contribution in [0.2, 0.25) is 0 Å². The molecule has 1 fully saturated rings.